The molecule has 1 heterocycles. The fraction of sp³-hybridized carbons (Fsp3) is 0.143. The van der Waals surface area contributed by atoms with Crippen LogP contribution in [0.2, 0.25) is 5.02 Å². The summed E-state index contributed by atoms with van der Waals surface area (Å²) in [5, 5.41) is 6.50. The molecule has 0 unspecified atom stereocenters. The minimum atomic E-state index is -0.199. The smallest absolute Gasteiger partial charge is 0.255 e. The van der Waals surface area contributed by atoms with Gasteiger partial charge in [-0.3, -0.25) is 4.79 Å². The van der Waals surface area contributed by atoms with Gasteiger partial charge in [-0.25, -0.2) is 4.98 Å². The van der Waals surface area contributed by atoms with E-state index in [2.05, 4.69) is 31.5 Å². The van der Waals surface area contributed by atoms with E-state index in [1.54, 1.807) is 36.5 Å². The second kappa shape index (κ2) is 6.72. The molecule has 0 saturated heterocycles. The van der Waals surface area contributed by atoms with E-state index in [0.29, 0.717) is 22.1 Å². The number of hydrogen-bond acceptors (Lipinski definition) is 3. The van der Waals surface area contributed by atoms with E-state index in [1.165, 1.54) is 0 Å². The van der Waals surface area contributed by atoms with E-state index in [-0.39, 0.29) is 5.91 Å². The van der Waals surface area contributed by atoms with E-state index in [1.807, 2.05) is 6.92 Å². The predicted molar refractivity (Wildman–Crippen MR) is 85.5 cm³/mol. The third kappa shape index (κ3) is 3.71. The maximum atomic E-state index is 12.2. The molecule has 0 aliphatic heterocycles. The first-order valence-electron chi connectivity index (χ1n) is 6.06. The second-order valence-corrected chi connectivity index (χ2v) is 5.33. The lowest BCUT2D eigenvalue weighted by molar-refractivity contribution is 0.102. The summed E-state index contributed by atoms with van der Waals surface area (Å²) in [6.07, 6.45) is 1.60. The third-order valence-corrected chi connectivity index (χ3v) is 3.45. The summed E-state index contributed by atoms with van der Waals surface area (Å²) in [6.45, 7) is 2.72. The number of pyridine rings is 1. The minimum Gasteiger partial charge on any atom is -0.370 e. The standard InChI is InChI=1S/C14H13BrClN3O/c1-2-17-13-7-9(5-6-18-13)14(20)19-12-4-3-10(16)8-11(12)15/h3-8H,2H2,1H3,(H,17,18)(H,19,20). The number of hydrogen-bond donors (Lipinski definition) is 2. The largest absolute Gasteiger partial charge is 0.370 e. The fourth-order valence-electron chi connectivity index (χ4n) is 1.63. The molecule has 1 aromatic heterocycles. The van der Waals surface area contributed by atoms with Crippen molar-refractivity contribution in [1.82, 2.24) is 4.98 Å². The number of benzene rings is 1. The van der Waals surface area contributed by atoms with Gasteiger partial charge in [0.15, 0.2) is 0 Å². The molecule has 4 nitrogen and oxygen atoms in total. The van der Waals surface area contributed by atoms with Crippen molar-refractivity contribution in [3.05, 3.63) is 51.6 Å². The number of amides is 1. The van der Waals surface area contributed by atoms with Gasteiger partial charge in [0.1, 0.15) is 5.82 Å². The van der Waals surface area contributed by atoms with Gasteiger partial charge in [-0.2, -0.15) is 0 Å². The van der Waals surface area contributed by atoms with Crippen molar-refractivity contribution in [1.29, 1.82) is 0 Å². The molecular weight excluding hydrogens is 342 g/mol. The van der Waals surface area contributed by atoms with Gasteiger partial charge in [0.25, 0.3) is 5.91 Å². The zero-order valence-electron chi connectivity index (χ0n) is 10.8. The molecule has 0 fully saturated rings. The lowest BCUT2D eigenvalue weighted by atomic mass is 10.2. The molecule has 0 saturated carbocycles. The molecule has 0 aliphatic carbocycles. The first kappa shape index (κ1) is 14.8. The molecule has 0 aliphatic rings. The van der Waals surface area contributed by atoms with Crippen molar-refractivity contribution >= 4 is 44.9 Å². The molecule has 2 aromatic rings. The third-order valence-electron chi connectivity index (χ3n) is 2.56. The van der Waals surface area contributed by atoms with Gasteiger partial charge in [0.2, 0.25) is 0 Å². The molecule has 104 valence electrons. The maximum absolute atomic E-state index is 12.2. The van der Waals surface area contributed by atoms with Crippen molar-refractivity contribution in [2.75, 3.05) is 17.2 Å². The Labute approximate surface area is 130 Å². The minimum absolute atomic E-state index is 0.199. The molecule has 2 N–H and O–H groups in total. The summed E-state index contributed by atoms with van der Waals surface area (Å²) in [7, 11) is 0. The SMILES string of the molecule is CCNc1cc(C(=O)Nc2ccc(Cl)cc2Br)ccn1. The first-order valence-corrected chi connectivity index (χ1v) is 7.23. The van der Waals surface area contributed by atoms with Gasteiger partial charge < -0.3 is 10.6 Å². The number of aromatic nitrogens is 1. The van der Waals surface area contributed by atoms with Crippen LogP contribution in [0.1, 0.15) is 17.3 Å². The van der Waals surface area contributed by atoms with Crippen LogP contribution in [0.5, 0.6) is 0 Å². The molecular formula is C14H13BrClN3O. The van der Waals surface area contributed by atoms with Gasteiger partial charge >= 0.3 is 0 Å². The van der Waals surface area contributed by atoms with Crippen LogP contribution in [0.15, 0.2) is 41.0 Å². The highest BCUT2D eigenvalue weighted by molar-refractivity contribution is 9.10. The Bertz CT molecular complexity index is 634. The van der Waals surface area contributed by atoms with Crippen molar-refractivity contribution in [2.45, 2.75) is 6.92 Å². The first-order chi connectivity index (χ1) is 9.60. The Morgan fingerprint density at radius 2 is 2.15 bits per heavy atom. The summed E-state index contributed by atoms with van der Waals surface area (Å²) in [6, 6.07) is 8.58. The molecule has 0 spiro atoms. The van der Waals surface area contributed by atoms with E-state index in [9.17, 15) is 4.79 Å². The van der Waals surface area contributed by atoms with Gasteiger partial charge in [-0.1, -0.05) is 11.6 Å². The van der Waals surface area contributed by atoms with Crippen molar-refractivity contribution in [3.8, 4) is 0 Å². The van der Waals surface area contributed by atoms with Gasteiger partial charge in [-0.05, 0) is 53.2 Å². The zero-order chi connectivity index (χ0) is 14.5. The maximum Gasteiger partial charge on any atom is 0.255 e. The van der Waals surface area contributed by atoms with Crippen LogP contribution in [-0.2, 0) is 0 Å². The predicted octanol–water partition coefficient (Wildman–Crippen LogP) is 4.18. The summed E-state index contributed by atoms with van der Waals surface area (Å²) in [5.41, 5.74) is 1.21. The average molecular weight is 355 g/mol. The van der Waals surface area contributed by atoms with Crippen LogP contribution in [-0.4, -0.2) is 17.4 Å². The van der Waals surface area contributed by atoms with Crippen LogP contribution >= 0.6 is 27.5 Å². The van der Waals surface area contributed by atoms with Crippen molar-refractivity contribution < 1.29 is 4.79 Å². The number of carbonyl (C=O) groups is 1. The van der Waals surface area contributed by atoms with Gasteiger partial charge in [0.05, 0.1) is 5.69 Å². The molecule has 2 rings (SSSR count). The summed E-state index contributed by atoms with van der Waals surface area (Å²) in [5.74, 6) is 0.477. The summed E-state index contributed by atoms with van der Waals surface area (Å²) < 4.78 is 0.735. The van der Waals surface area contributed by atoms with E-state index in [4.69, 9.17) is 11.6 Å². The highest BCUT2D eigenvalue weighted by Crippen LogP contribution is 2.26. The van der Waals surface area contributed by atoms with Gasteiger partial charge in [0, 0.05) is 27.8 Å². The van der Waals surface area contributed by atoms with Crippen LogP contribution in [0, 0.1) is 0 Å². The fourth-order valence-corrected chi connectivity index (χ4v) is 2.42. The monoisotopic (exact) mass is 353 g/mol. The van der Waals surface area contributed by atoms with Crippen LogP contribution in [0.4, 0.5) is 11.5 Å². The number of anilines is 2. The van der Waals surface area contributed by atoms with E-state index < -0.39 is 0 Å². The van der Waals surface area contributed by atoms with Crippen LogP contribution in [0.25, 0.3) is 0 Å². The Hall–Kier alpha value is -1.59. The molecule has 0 bridgehead atoms. The highest BCUT2D eigenvalue weighted by Gasteiger charge is 2.09. The molecule has 6 heteroatoms. The zero-order valence-corrected chi connectivity index (χ0v) is 13.1. The normalized spacial score (nSPS) is 10.2. The summed E-state index contributed by atoms with van der Waals surface area (Å²) in [4.78, 5) is 16.3. The Balaban J connectivity index is 2.17. The van der Waals surface area contributed by atoms with Crippen LogP contribution in [0.3, 0.4) is 0 Å². The number of nitrogens with zero attached hydrogens (tertiary/aromatic N) is 1. The number of halogens is 2. The lowest BCUT2D eigenvalue weighted by Crippen LogP contribution is -2.13. The lowest BCUT2D eigenvalue weighted by Gasteiger charge is -2.09. The molecule has 20 heavy (non-hydrogen) atoms. The number of carbonyl (C=O) groups excluding carboxylic acids is 1. The van der Waals surface area contributed by atoms with Crippen LogP contribution < -0.4 is 10.6 Å². The molecule has 0 atom stereocenters. The van der Waals surface area contributed by atoms with Crippen molar-refractivity contribution in [2.24, 2.45) is 0 Å². The van der Waals surface area contributed by atoms with E-state index in [0.717, 1.165) is 11.0 Å². The second-order valence-electron chi connectivity index (χ2n) is 4.04. The van der Waals surface area contributed by atoms with Crippen molar-refractivity contribution in [3.63, 3.8) is 0 Å². The quantitative estimate of drug-likeness (QED) is 0.866. The molecule has 1 amide bonds. The average Bonchev–Trinajstić information content (AvgIpc) is 2.42. The molecule has 1 aromatic carbocycles. The summed E-state index contributed by atoms with van der Waals surface area (Å²) >= 11 is 9.23. The number of nitrogens with one attached hydrogen (secondary N) is 2. The molecule has 0 radical (unpaired) electrons. The Morgan fingerprint density at radius 1 is 1.35 bits per heavy atom. The highest BCUT2D eigenvalue weighted by atomic mass is 79.9. The van der Waals surface area contributed by atoms with Gasteiger partial charge in [-0.15, -0.1) is 0 Å². The van der Waals surface area contributed by atoms with E-state index >= 15 is 0 Å². The number of rotatable bonds is 4. The Kier molecular flexibility index (Phi) is 4.98. The Morgan fingerprint density at radius 3 is 2.85 bits per heavy atom. The topological polar surface area (TPSA) is 54.0 Å².